The highest BCUT2D eigenvalue weighted by Gasteiger charge is 2.27. The Morgan fingerprint density at radius 3 is 2.81 bits per heavy atom. The second-order valence-electron chi connectivity index (χ2n) is 5.59. The lowest BCUT2D eigenvalue weighted by atomic mass is 10.0. The van der Waals surface area contributed by atoms with Gasteiger partial charge < -0.3 is 10.2 Å². The first-order chi connectivity index (χ1) is 9.65. The fraction of sp³-hybridized carbons (Fsp3) is 0.533. The summed E-state index contributed by atoms with van der Waals surface area (Å²) < 4.78 is 26.5. The number of amides is 1. The molecule has 116 valence electrons. The highest BCUT2D eigenvalue weighted by molar-refractivity contribution is 5.95. The van der Waals surface area contributed by atoms with Gasteiger partial charge in [-0.3, -0.25) is 4.79 Å². The monoisotopic (exact) mass is 316 g/mol. The van der Waals surface area contributed by atoms with E-state index in [-0.39, 0.29) is 18.3 Å². The molecule has 1 aromatic carbocycles. The number of benzene rings is 1. The quantitative estimate of drug-likeness (QED) is 0.930. The van der Waals surface area contributed by atoms with Crippen LogP contribution in [-0.2, 0) is 11.2 Å². The van der Waals surface area contributed by atoms with Crippen LogP contribution in [0.5, 0.6) is 0 Å². The van der Waals surface area contributed by atoms with E-state index in [1.165, 1.54) is 6.07 Å². The molecule has 1 saturated heterocycles. The first-order valence-electron chi connectivity index (χ1n) is 7.14. The maximum Gasteiger partial charge on any atom is 0.227 e. The lowest BCUT2D eigenvalue weighted by molar-refractivity contribution is -0.118. The van der Waals surface area contributed by atoms with Gasteiger partial charge in [-0.2, -0.15) is 0 Å². The number of nitrogens with zero attached hydrogens (tertiary/aromatic N) is 1. The SMILES string of the molecule is Cl.O=C(CCC1CCNC1)N1CCc2cc(F)c(F)cc21. The van der Waals surface area contributed by atoms with Gasteiger partial charge >= 0.3 is 0 Å². The van der Waals surface area contributed by atoms with Crippen LogP contribution in [0.4, 0.5) is 14.5 Å². The predicted molar refractivity (Wildman–Crippen MR) is 79.9 cm³/mol. The van der Waals surface area contributed by atoms with Gasteiger partial charge in [-0.1, -0.05) is 0 Å². The van der Waals surface area contributed by atoms with Crippen molar-refractivity contribution in [2.24, 2.45) is 5.92 Å². The Labute approximate surface area is 129 Å². The van der Waals surface area contributed by atoms with Crippen LogP contribution in [0.25, 0.3) is 0 Å². The molecule has 6 heteroatoms. The smallest absolute Gasteiger partial charge is 0.227 e. The number of rotatable bonds is 3. The fourth-order valence-electron chi connectivity index (χ4n) is 3.06. The Kier molecular flexibility index (Phi) is 5.17. The van der Waals surface area contributed by atoms with E-state index in [9.17, 15) is 13.6 Å². The molecule has 0 radical (unpaired) electrons. The summed E-state index contributed by atoms with van der Waals surface area (Å²) in [6, 6.07) is 2.35. The van der Waals surface area contributed by atoms with Crippen molar-refractivity contribution in [3.05, 3.63) is 29.3 Å². The molecule has 3 rings (SSSR count). The minimum absolute atomic E-state index is 0. The summed E-state index contributed by atoms with van der Waals surface area (Å²) in [4.78, 5) is 13.8. The van der Waals surface area contributed by atoms with Crippen molar-refractivity contribution < 1.29 is 13.6 Å². The fourth-order valence-corrected chi connectivity index (χ4v) is 3.06. The van der Waals surface area contributed by atoms with E-state index in [4.69, 9.17) is 0 Å². The summed E-state index contributed by atoms with van der Waals surface area (Å²) in [7, 11) is 0. The predicted octanol–water partition coefficient (Wildman–Crippen LogP) is 2.67. The van der Waals surface area contributed by atoms with Crippen LogP contribution in [0.1, 0.15) is 24.8 Å². The molecule has 1 unspecified atom stereocenters. The van der Waals surface area contributed by atoms with Gasteiger partial charge in [-0.15, -0.1) is 12.4 Å². The van der Waals surface area contributed by atoms with Crippen LogP contribution < -0.4 is 10.2 Å². The van der Waals surface area contributed by atoms with Crippen molar-refractivity contribution in [3.8, 4) is 0 Å². The highest BCUT2D eigenvalue weighted by Crippen LogP contribution is 2.31. The highest BCUT2D eigenvalue weighted by atomic mass is 35.5. The normalized spacial score (nSPS) is 20.3. The van der Waals surface area contributed by atoms with Crippen LogP contribution >= 0.6 is 12.4 Å². The number of hydrogen-bond acceptors (Lipinski definition) is 2. The molecular formula is C15H19ClF2N2O. The molecule has 0 saturated carbocycles. The van der Waals surface area contributed by atoms with E-state index < -0.39 is 11.6 Å². The first-order valence-corrected chi connectivity index (χ1v) is 7.14. The van der Waals surface area contributed by atoms with E-state index in [1.807, 2.05) is 0 Å². The molecule has 0 spiro atoms. The molecule has 3 nitrogen and oxygen atoms in total. The summed E-state index contributed by atoms with van der Waals surface area (Å²) in [5, 5.41) is 3.28. The molecule has 1 atom stereocenters. The van der Waals surface area contributed by atoms with E-state index in [2.05, 4.69) is 5.32 Å². The standard InChI is InChI=1S/C15H18F2N2O.ClH/c16-12-7-11-4-6-19(14(11)8-13(12)17)15(20)2-1-10-3-5-18-9-10;/h7-8,10,18H,1-6,9H2;1H. The molecule has 1 amide bonds. The summed E-state index contributed by atoms with van der Waals surface area (Å²) in [5.74, 6) is -1.15. The number of hydrogen-bond donors (Lipinski definition) is 1. The Balaban J connectivity index is 0.00000161. The van der Waals surface area contributed by atoms with Crippen molar-refractivity contribution in [1.82, 2.24) is 5.32 Å². The molecule has 1 fully saturated rings. The summed E-state index contributed by atoms with van der Waals surface area (Å²) in [6.07, 6.45) is 3.05. The third-order valence-corrected chi connectivity index (χ3v) is 4.25. The number of carbonyl (C=O) groups is 1. The van der Waals surface area contributed by atoms with E-state index in [0.717, 1.165) is 37.6 Å². The second-order valence-corrected chi connectivity index (χ2v) is 5.59. The van der Waals surface area contributed by atoms with E-state index >= 15 is 0 Å². The van der Waals surface area contributed by atoms with Gasteiger partial charge in [0.15, 0.2) is 11.6 Å². The molecule has 1 N–H and O–H groups in total. The molecule has 2 aliphatic rings. The third-order valence-electron chi connectivity index (χ3n) is 4.25. The zero-order valence-electron chi connectivity index (χ0n) is 11.7. The van der Waals surface area contributed by atoms with Gasteiger partial charge in [0.1, 0.15) is 0 Å². The molecule has 0 bridgehead atoms. The Bertz CT molecular complexity index is 533. The number of carbonyl (C=O) groups excluding carboxylic acids is 1. The van der Waals surface area contributed by atoms with Crippen molar-refractivity contribution >= 4 is 24.0 Å². The zero-order chi connectivity index (χ0) is 14.1. The topological polar surface area (TPSA) is 32.3 Å². The second kappa shape index (κ2) is 6.71. The Morgan fingerprint density at radius 1 is 1.33 bits per heavy atom. The minimum Gasteiger partial charge on any atom is -0.316 e. The molecule has 0 aromatic heterocycles. The third kappa shape index (κ3) is 3.35. The number of anilines is 1. The van der Waals surface area contributed by atoms with Gasteiger partial charge in [0.25, 0.3) is 0 Å². The lowest BCUT2D eigenvalue weighted by Gasteiger charge is -2.18. The molecule has 0 aliphatic carbocycles. The van der Waals surface area contributed by atoms with Crippen LogP contribution in [0, 0.1) is 17.6 Å². The van der Waals surface area contributed by atoms with Crippen molar-refractivity contribution in [2.45, 2.75) is 25.7 Å². The molecule has 2 heterocycles. The lowest BCUT2D eigenvalue weighted by Crippen LogP contribution is -2.29. The maximum atomic E-state index is 13.3. The number of fused-ring (bicyclic) bond motifs is 1. The largest absolute Gasteiger partial charge is 0.316 e. The van der Waals surface area contributed by atoms with Crippen molar-refractivity contribution in [1.29, 1.82) is 0 Å². The van der Waals surface area contributed by atoms with Crippen molar-refractivity contribution in [3.63, 3.8) is 0 Å². The van der Waals surface area contributed by atoms with Crippen LogP contribution in [0.2, 0.25) is 0 Å². The molecular weight excluding hydrogens is 298 g/mol. The summed E-state index contributed by atoms with van der Waals surface area (Å²) in [6.45, 7) is 2.53. The Morgan fingerprint density at radius 2 is 2.10 bits per heavy atom. The zero-order valence-corrected chi connectivity index (χ0v) is 12.5. The van der Waals surface area contributed by atoms with E-state index in [1.54, 1.807) is 4.90 Å². The van der Waals surface area contributed by atoms with Gasteiger partial charge in [0.2, 0.25) is 5.91 Å². The Hall–Kier alpha value is -1.20. The molecule has 21 heavy (non-hydrogen) atoms. The van der Waals surface area contributed by atoms with Crippen LogP contribution in [0.3, 0.4) is 0 Å². The van der Waals surface area contributed by atoms with Gasteiger partial charge in [-0.25, -0.2) is 8.78 Å². The summed E-state index contributed by atoms with van der Waals surface area (Å²) >= 11 is 0. The van der Waals surface area contributed by atoms with Crippen LogP contribution in [0.15, 0.2) is 12.1 Å². The molecule has 2 aliphatic heterocycles. The first kappa shape index (κ1) is 16.2. The number of nitrogens with one attached hydrogen (secondary N) is 1. The summed E-state index contributed by atoms with van der Waals surface area (Å²) in [5.41, 5.74) is 1.26. The van der Waals surface area contributed by atoms with Gasteiger partial charge in [0, 0.05) is 24.7 Å². The van der Waals surface area contributed by atoms with Crippen molar-refractivity contribution in [2.75, 3.05) is 24.5 Å². The molecule has 1 aromatic rings. The van der Waals surface area contributed by atoms with E-state index in [0.29, 0.717) is 31.0 Å². The van der Waals surface area contributed by atoms with Gasteiger partial charge in [0.05, 0.1) is 0 Å². The average molecular weight is 317 g/mol. The maximum absolute atomic E-state index is 13.3. The van der Waals surface area contributed by atoms with Crippen LogP contribution in [-0.4, -0.2) is 25.5 Å². The number of halogens is 3. The van der Waals surface area contributed by atoms with Gasteiger partial charge in [-0.05, 0) is 49.9 Å². The average Bonchev–Trinajstić information content (AvgIpc) is 3.06. The minimum atomic E-state index is -0.886.